The van der Waals surface area contributed by atoms with Crippen molar-refractivity contribution in [1.82, 2.24) is 10.4 Å². The minimum absolute atomic E-state index is 0.274. The van der Waals surface area contributed by atoms with Crippen LogP contribution in [0.2, 0.25) is 0 Å². The number of amides is 1. The quantitative estimate of drug-likeness (QED) is 0.191. The summed E-state index contributed by atoms with van der Waals surface area (Å²) in [6, 6.07) is 13.6. The normalized spacial score (nSPS) is 10.7. The number of hydrogen-bond donors (Lipinski definition) is 1. The molecule has 0 atom stereocenters. The molecule has 0 saturated heterocycles. The molecule has 1 aromatic heterocycles. The van der Waals surface area contributed by atoms with E-state index in [1.165, 1.54) is 18.6 Å². The molecule has 0 saturated carbocycles. The van der Waals surface area contributed by atoms with Gasteiger partial charge in [0, 0.05) is 32.5 Å². The lowest BCUT2D eigenvalue weighted by Gasteiger charge is -2.11. The van der Waals surface area contributed by atoms with Crippen LogP contribution in [0.3, 0.4) is 0 Å². The lowest BCUT2D eigenvalue weighted by Crippen LogP contribution is -2.17. The topological polar surface area (TPSA) is 80.6 Å². The van der Waals surface area contributed by atoms with Crippen molar-refractivity contribution in [1.29, 1.82) is 0 Å². The highest BCUT2D eigenvalue weighted by molar-refractivity contribution is 9.11. The van der Waals surface area contributed by atoms with Gasteiger partial charge in [0.2, 0.25) is 0 Å². The second-order valence-electron chi connectivity index (χ2n) is 5.61. The van der Waals surface area contributed by atoms with Gasteiger partial charge in [-0.05, 0) is 68.3 Å². The first-order chi connectivity index (χ1) is 14.0. The van der Waals surface area contributed by atoms with Gasteiger partial charge < -0.3 is 4.74 Å². The van der Waals surface area contributed by atoms with Crippen LogP contribution < -0.4 is 10.2 Å². The fraction of sp³-hybridized carbons (Fsp3) is 0. The second kappa shape index (κ2) is 9.91. The van der Waals surface area contributed by atoms with E-state index in [2.05, 4.69) is 63.3 Å². The lowest BCUT2D eigenvalue weighted by molar-refractivity contribution is 0.0732. The van der Waals surface area contributed by atoms with Gasteiger partial charge >= 0.3 is 5.97 Å². The summed E-state index contributed by atoms with van der Waals surface area (Å²) in [7, 11) is 0. The molecular weight excluding hydrogens is 570 g/mol. The molecular formula is C20H12Br3N3O3. The maximum absolute atomic E-state index is 12.6. The molecule has 1 heterocycles. The number of aromatic nitrogens is 1. The van der Waals surface area contributed by atoms with Crippen LogP contribution in [-0.2, 0) is 0 Å². The van der Waals surface area contributed by atoms with Crippen LogP contribution in [-0.4, -0.2) is 23.1 Å². The van der Waals surface area contributed by atoms with E-state index in [-0.39, 0.29) is 11.7 Å². The van der Waals surface area contributed by atoms with Crippen molar-refractivity contribution >= 4 is 65.9 Å². The molecule has 29 heavy (non-hydrogen) atoms. The van der Waals surface area contributed by atoms with Crippen LogP contribution in [0.4, 0.5) is 0 Å². The molecule has 0 aliphatic carbocycles. The molecule has 0 aliphatic heterocycles. The standard InChI is InChI=1S/C20H12Br3N3O3/c21-14-9-13(11-25-26-19(27)12-5-7-24-8-6-12)18(17(23)10-14)29-20(28)15-3-1-2-4-16(15)22/h1-11H,(H,26,27). The van der Waals surface area contributed by atoms with Gasteiger partial charge in [0.15, 0.2) is 5.75 Å². The number of halogens is 3. The van der Waals surface area contributed by atoms with Crippen molar-refractivity contribution in [2.24, 2.45) is 5.10 Å². The molecule has 0 radical (unpaired) electrons. The van der Waals surface area contributed by atoms with Crippen molar-refractivity contribution in [3.05, 3.63) is 91.0 Å². The maximum atomic E-state index is 12.6. The summed E-state index contributed by atoms with van der Waals surface area (Å²) >= 11 is 10.1. The van der Waals surface area contributed by atoms with Crippen LogP contribution in [0.15, 0.2) is 79.4 Å². The summed E-state index contributed by atoms with van der Waals surface area (Å²) in [5, 5.41) is 3.97. The third kappa shape index (κ3) is 5.59. The molecule has 0 aliphatic rings. The Morgan fingerprint density at radius 3 is 2.45 bits per heavy atom. The van der Waals surface area contributed by atoms with Crippen molar-refractivity contribution in [3.63, 3.8) is 0 Å². The minimum atomic E-state index is -0.532. The predicted molar refractivity (Wildman–Crippen MR) is 120 cm³/mol. The summed E-state index contributed by atoms with van der Waals surface area (Å²) < 4.78 is 7.51. The summed E-state index contributed by atoms with van der Waals surface area (Å²) in [5.41, 5.74) is 3.73. The fourth-order valence-electron chi connectivity index (χ4n) is 2.29. The van der Waals surface area contributed by atoms with E-state index in [0.717, 1.165) is 4.47 Å². The van der Waals surface area contributed by atoms with E-state index in [9.17, 15) is 9.59 Å². The SMILES string of the molecule is O=C(NN=Cc1cc(Br)cc(Br)c1OC(=O)c1ccccc1Br)c1ccncc1. The van der Waals surface area contributed by atoms with Gasteiger partial charge in [0.25, 0.3) is 5.91 Å². The Balaban J connectivity index is 1.83. The number of hydrogen-bond acceptors (Lipinski definition) is 5. The van der Waals surface area contributed by atoms with Crippen LogP contribution in [0.1, 0.15) is 26.3 Å². The molecule has 3 rings (SSSR count). The first kappa shape index (κ1) is 21.4. The van der Waals surface area contributed by atoms with E-state index >= 15 is 0 Å². The van der Waals surface area contributed by atoms with Gasteiger partial charge in [-0.25, -0.2) is 10.2 Å². The van der Waals surface area contributed by atoms with Gasteiger partial charge in [-0.1, -0.05) is 28.1 Å². The Labute approximate surface area is 191 Å². The average Bonchev–Trinajstić information content (AvgIpc) is 2.71. The average molecular weight is 582 g/mol. The highest BCUT2D eigenvalue weighted by Gasteiger charge is 2.17. The third-order valence-corrected chi connectivity index (χ3v) is 5.38. The summed E-state index contributed by atoms with van der Waals surface area (Å²) in [6.07, 6.45) is 4.43. The Bertz CT molecular complexity index is 1090. The highest BCUT2D eigenvalue weighted by atomic mass is 79.9. The number of pyridine rings is 1. The number of esters is 1. The molecule has 0 spiro atoms. The van der Waals surface area contributed by atoms with Crippen molar-refractivity contribution in [2.75, 3.05) is 0 Å². The number of rotatable bonds is 5. The van der Waals surface area contributed by atoms with Crippen molar-refractivity contribution in [2.45, 2.75) is 0 Å². The van der Waals surface area contributed by atoms with E-state index in [1.54, 1.807) is 48.5 Å². The number of nitrogens with zero attached hydrogens (tertiary/aromatic N) is 2. The van der Waals surface area contributed by atoms with Gasteiger partial charge in [0.1, 0.15) is 0 Å². The van der Waals surface area contributed by atoms with Crippen molar-refractivity contribution in [3.8, 4) is 5.75 Å². The van der Waals surface area contributed by atoms with Crippen molar-refractivity contribution < 1.29 is 14.3 Å². The summed E-state index contributed by atoms with van der Waals surface area (Å²) in [5.74, 6) is -0.642. The number of hydrazone groups is 1. The van der Waals surface area contributed by atoms with E-state index < -0.39 is 5.97 Å². The molecule has 3 aromatic rings. The third-order valence-electron chi connectivity index (χ3n) is 3.64. The van der Waals surface area contributed by atoms with Crippen LogP contribution in [0.25, 0.3) is 0 Å². The zero-order valence-corrected chi connectivity index (χ0v) is 19.4. The van der Waals surface area contributed by atoms with E-state index in [0.29, 0.717) is 25.6 Å². The Morgan fingerprint density at radius 2 is 1.72 bits per heavy atom. The van der Waals surface area contributed by atoms with Gasteiger partial charge in [0.05, 0.1) is 16.3 Å². The largest absolute Gasteiger partial charge is 0.421 e. The number of benzene rings is 2. The number of carbonyl (C=O) groups excluding carboxylic acids is 2. The molecule has 146 valence electrons. The van der Waals surface area contributed by atoms with Crippen LogP contribution >= 0.6 is 47.8 Å². The smallest absolute Gasteiger partial charge is 0.344 e. The minimum Gasteiger partial charge on any atom is -0.421 e. The molecule has 0 bridgehead atoms. The number of nitrogens with one attached hydrogen (secondary N) is 1. The molecule has 0 fully saturated rings. The Morgan fingerprint density at radius 1 is 1.00 bits per heavy atom. The molecule has 0 unspecified atom stereocenters. The molecule has 9 heteroatoms. The lowest BCUT2D eigenvalue weighted by atomic mass is 10.2. The van der Waals surface area contributed by atoms with Crippen LogP contribution in [0, 0.1) is 0 Å². The molecule has 1 amide bonds. The van der Waals surface area contributed by atoms with E-state index in [1.807, 2.05) is 0 Å². The second-order valence-corrected chi connectivity index (χ2v) is 8.23. The number of ether oxygens (including phenoxy) is 1. The summed E-state index contributed by atoms with van der Waals surface area (Å²) in [6.45, 7) is 0. The Kier molecular flexibility index (Phi) is 7.29. The van der Waals surface area contributed by atoms with Gasteiger partial charge in [-0.15, -0.1) is 0 Å². The molecule has 6 nitrogen and oxygen atoms in total. The van der Waals surface area contributed by atoms with Gasteiger partial charge in [-0.2, -0.15) is 5.10 Å². The first-order valence-corrected chi connectivity index (χ1v) is 10.5. The maximum Gasteiger partial charge on any atom is 0.344 e. The molecule has 2 aromatic carbocycles. The van der Waals surface area contributed by atoms with Gasteiger partial charge in [-0.3, -0.25) is 9.78 Å². The fourth-order valence-corrected chi connectivity index (χ4v) is 4.07. The zero-order valence-electron chi connectivity index (χ0n) is 14.6. The zero-order chi connectivity index (χ0) is 20.8. The monoisotopic (exact) mass is 579 g/mol. The summed E-state index contributed by atoms with van der Waals surface area (Å²) in [4.78, 5) is 28.5. The first-order valence-electron chi connectivity index (χ1n) is 8.15. The molecule has 1 N–H and O–H groups in total. The van der Waals surface area contributed by atoms with E-state index in [4.69, 9.17) is 4.74 Å². The Hall–Kier alpha value is -2.36. The predicted octanol–water partition coefficient (Wildman–Crippen LogP) is 5.35. The highest BCUT2D eigenvalue weighted by Crippen LogP contribution is 2.33. The van der Waals surface area contributed by atoms with Crippen LogP contribution in [0.5, 0.6) is 5.75 Å². The number of carbonyl (C=O) groups is 2.